The fourth-order valence-electron chi connectivity index (χ4n) is 2.69. The number of carbonyl (C=O) groups excluding carboxylic acids is 2. The molecule has 5 nitrogen and oxygen atoms in total. The van der Waals surface area contributed by atoms with E-state index in [0.717, 1.165) is 25.7 Å². The lowest BCUT2D eigenvalue weighted by Gasteiger charge is -2.18. The molecule has 0 aliphatic heterocycles. The Labute approximate surface area is 138 Å². The van der Waals surface area contributed by atoms with E-state index in [0.29, 0.717) is 24.3 Å². The van der Waals surface area contributed by atoms with Gasteiger partial charge >= 0.3 is 5.97 Å². The summed E-state index contributed by atoms with van der Waals surface area (Å²) in [5.41, 5.74) is 1.05. The van der Waals surface area contributed by atoms with E-state index in [1.54, 1.807) is 0 Å². The van der Waals surface area contributed by atoms with Gasteiger partial charge in [0.05, 0.1) is 19.1 Å². The lowest BCUT2D eigenvalue weighted by Crippen LogP contribution is -2.22. The summed E-state index contributed by atoms with van der Waals surface area (Å²) in [5, 5.41) is 10.2. The van der Waals surface area contributed by atoms with Gasteiger partial charge in [0.15, 0.2) is 5.78 Å². The van der Waals surface area contributed by atoms with Gasteiger partial charge in [0.1, 0.15) is 5.76 Å². The van der Waals surface area contributed by atoms with Crippen molar-refractivity contribution in [1.82, 2.24) is 0 Å². The van der Waals surface area contributed by atoms with Gasteiger partial charge in [-0.05, 0) is 19.3 Å². The number of ketones is 1. The Morgan fingerprint density at radius 1 is 1.17 bits per heavy atom. The monoisotopic (exact) mass is 323 g/mol. The van der Waals surface area contributed by atoms with Crippen LogP contribution >= 0.6 is 0 Å². The first-order valence-electron chi connectivity index (χ1n) is 8.66. The van der Waals surface area contributed by atoms with E-state index in [1.807, 2.05) is 0 Å². The minimum absolute atomic E-state index is 0.0233. The number of aliphatic hydroxyl groups is 1. The smallest absolute Gasteiger partial charge is 0.305 e. The van der Waals surface area contributed by atoms with E-state index >= 15 is 0 Å². The molecule has 0 aromatic heterocycles. The number of aliphatic hydroxyl groups excluding tert-OH is 1. The predicted molar refractivity (Wildman–Crippen MR) is 90.8 cm³/mol. The third kappa shape index (κ3) is 6.97. The molecule has 130 valence electrons. The molecule has 1 saturated carbocycles. The number of ether oxygens (including phenoxy) is 1. The average molecular weight is 323 g/mol. The summed E-state index contributed by atoms with van der Waals surface area (Å²) in [4.78, 5) is 27.9. The lowest BCUT2D eigenvalue weighted by molar-refractivity contribution is -0.140. The topological polar surface area (TPSA) is 76.0 Å². The van der Waals surface area contributed by atoms with Gasteiger partial charge in [-0.1, -0.05) is 32.6 Å². The summed E-state index contributed by atoms with van der Waals surface area (Å²) >= 11 is 0. The number of hydrogen-bond acceptors (Lipinski definition) is 5. The largest absolute Gasteiger partial charge is 0.511 e. The zero-order valence-electron chi connectivity index (χ0n) is 14.4. The molecule has 0 amide bonds. The van der Waals surface area contributed by atoms with Crippen LogP contribution < -0.4 is 0 Å². The maximum Gasteiger partial charge on any atom is 0.305 e. The Bertz CT molecular complexity index is 466. The summed E-state index contributed by atoms with van der Waals surface area (Å²) in [6, 6.07) is 0. The van der Waals surface area contributed by atoms with Crippen molar-refractivity contribution in [2.75, 3.05) is 13.7 Å². The lowest BCUT2D eigenvalue weighted by atomic mass is 9.89. The van der Waals surface area contributed by atoms with Crippen LogP contribution in [-0.2, 0) is 14.3 Å². The van der Waals surface area contributed by atoms with Crippen LogP contribution in [0, 0.1) is 0 Å². The Morgan fingerprint density at radius 3 is 2.61 bits per heavy atom. The van der Waals surface area contributed by atoms with E-state index < -0.39 is 5.97 Å². The van der Waals surface area contributed by atoms with E-state index in [1.165, 1.54) is 26.4 Å². The van der Waals surface area contributed by atoms with Crippen molar-refractivity contribution < 1.29 is 19.4 Å². The Morgan fingerprint density at radius 2 is 1.91 bits per heavy atom. The van der Waals surface area contributed by atoms with Gasteiger partial charge in [0, 0.05) is 25.1 Å². The molecule has 0 spiro atoms. The van der Waals surface area contributed by atoms with Crippen molar-refractivity contribution >= 4 is 17.5 Å². The Kier molecular flexibility index (Phi) is 9.25. The first-order chi connectivity index (χ1) is 11.1. The predicted octanol–water partition coefficient (Wildman–Crippen LogP) is 3.92. The van der Waals surface area contributed by atoms with Crippen LogP contribution in [0.3, 0.4) is 0 Å². The summed E-state index contributed by atoms with van der Waals surface area (Å²) in [6.07, 6.45) is 7.96. The molecule has 0 unspecified atom stereocenters. The van der Waals surface area contributed by atoms with Crippen molar-refractivity contribution in [3.8, 4) is 0 Å². The Balaban J connectivity index is 2.66. The van der Waals surface area contributed by atoms with Crippen LogP contribution in [0.5, 0.6) is 0 Å². The van der Waals surface area contributed by atoms with Crippen molar-refractivity contribution in [2.45, 2.75) is 71.1 Å². The highest BCUT2D eigenvalue weighted by Crippen LogP contribution is 2.23. The summed E-state index contributed by atoms with van der Waals surface area (Å²) in [7, 11) is 1.31. The third-order valence-corrected chi connectivity index (χ3v) is 4.03. The molecule has 0 heterocycles. The highest BCUT2D eigenvalue weighted by atomic mass is 16.5. The molecule has 1 aliphatic carbocycles. The second-order valence-electron chi connectivity index (χ2n) is 5.92. The number of Topliss-reactive ketones (excluding diaryl/α,β-unsaturated/α-hetero) is 1. The van der Waals surface area contributed by atoms with Gasteiger partial charge in [-0.2, -0.15) is 0 Å². The number of nitrogens with zero attached hydrogens (tertiary/aromatic N) is 1. The van der Waals surface area contributed by atoms with Gasteiger partial charge in [0.25, 0.3) is 0 Å². The van der Waals surface area contributed by atoms with Gasteiger partial charge in [0.2, 0.25) is 0 Å². The highest BCUT2D eigenvalue weighted by molar-refractivity contribution is 6.24. The van der Waals surface area contributed by atoms with Crippen LogP contribution in [0.25, 0.3) is 0 Å². The van der Waals surface area contributed by atoms with Crippen molar-refractivity contribution in [1.29, 1.82) is 0 Å². The van der Waals surface area contributed by atoms with E-state index in [-0.39, 0.29) is 24.4 Å². The number of methoxy groups -OCH3 is 1. The van der Waals surface area contributed by atoms with E-state index in [9.17, 15) is 14.7 Å². The fraction of sp³-hybridized carbons (Fsp3) is 0.722. The standard InChI is InChI=1S/C18H29NO4/c1-3-4-5-6-7-13-19-14-9-8-10-15(20)18(14)16(21)11-12-17(22)23-2/h21H,3-13H2,1-2H3. The van der Waals surface area contributed by atoms with Gasteiger partial charge in [-0.3, -0.25) is 14.6 Å². The molecule has 5 heteroatoms. The number of carbonyl (C=O) groups is 2. The maximum absolute atomic E-state index is 12.1. The third-order valence-electron chi connectivity index (χ3n) is 4.03. The number of esters is 1. The fourth-order valence-corrected chi connectivity index (χ4v) is 2.69. The van der Waals surface area contributed by atoms with Crippen molar-refractivity contribution in [2.24, 2.45) is 4.99 Å². The first-order valence-corrected chi connectivity index (χ1v) is 8.66. The number of aliphatic imine (C=N–C) groups is 1. The van der Waals surface area contributed by atoms with Gasteiger partial charge in [-0.25, -0.2) is 0 Å². The highest BCUT2D eigenvalue weighted by Gasteiger charge is 2.25. The molecule has 0 saturated heterocycles. The summed E-state index contributed by atoms with van der Waals surface area (Å²) in [6.45, 7) is 2.88. The van der Waals surface area contributed by atoms with Crippen LogP contribution in [0.1, 0.15) is 71.1 Å². The first kappa shape index (κ1) is 19.4. The SMILES string of the molecule is CCCCCCCN=C1CCCC(=O)C1=C(O)CCC(=O)OC. The van der Waals surface area contributed by atoms with Gasteiger partial charge < -0.3 is 9.84 Å². The number of allylic oxidation sites excluding steroid dienone is 2. The molecule has 0 radical (unpaired) electrons. The van der Waals surface area contributed by atoms with Gasteiger partial charge in [-0.15, -0.1) is 0 Å². The normalized spacial score (nSPS) is 19.0. The number of rotatable bonds is 9. The van der Waals surface area contributed by atoms with E-state index in [2.05, 4.69) is 16.7 Å². The number of hydrogen-bond donors (Lipinski definition) is 1. The quantitative estimate of drug-likeness (QED) is 0.302. The Hall–Kier alpha value is -1.65. The molecule has 0 aromatic rings. The molecule has 23 heavy (non-hydrogen) atoms. The number of unbranched alkanes of at least 4 members (excludes halogenated alkanes) is 4. The summed E-state index contributed by atoms with van der Waals surface area (Å²) in [5.74, 6) is -0.483. The molecule has 1 N–H and O–H groups in total. The maximum atomic E-state index is 12.1. The molecule has 1 fully saturated rings. The molecular weight excluding hydrogens is 294 g/mol. The molecule has 0 bridgehead atoms. The van der Waals surface area contributed by atoms with E-state index in [4.69, 9.17) is 0 Å². The van der Waals surface area contributed by atoms with Crippen molar-refractivity contribution in [3.63, 3.8) is 0 Å². The zero-order chi connectivity index (χ0) is 17.1. The summed E-state index contributed by atoms with van der Waals surface area (Å²) < 4.78 is 4.57. The minimum atomic E-state index is -0.394. The molecule has 0 atom stereocenters. The average Bonchev–Trinajstić information content (AvgIpc) is 2.55. The second-order valence-corrected chi connectivity index (χ2v) is 5.92. The van der Waals surface area contributed by atoms with Crippen molar-refractivity contribution in [3.05, 3.63) is 11.3 Å². The van der Waals surface area contributed by atoms with Crippen LogP contribution in [0.4, 0.5) is 0 Å². The molecule has 0 aromatic carbocycles. The van der Waals surface area contributed by atoms with Crippen LogP contribution in [0.2, 0.25) is 0 Å². The molecule has 1 aliphatic rings. The van der Waals surface area contributed by atoms with Crippen LogP contribution in [-0.4, -0.2) is 36.2 Å². The zero-order valence-corrected chi connectivity index (χ0v) is 14.4. The minimum Gasteiger partial charge on any atom is -0.511 e. The molecule has 1 rings (SSSR count). The second kappa shape index (κ2) is 11.0. The molecular formula is C18H29NO4. The van der Waals surface area contributed by atoms with Crippen LogP contribution in [0.15, 0.2) is 16.3 Å².